The highest BCUT2D eigenvalue weighted by atomic mass is 16.3. The first-order valence-electron chi connectivity index (χ1n) is 9.15. The molecule has 7 heteroatoms. The zero-order valence-electron chi connectivity index (χ0n) is 15.2. The minimum Gasteiger partial charge on any atom is -0.464 e. The Hall–Kier alpha value is -3.09. The predicted molar refractivity (Wildman–Crippen MR) is 103 cm³/mol. The van der Waals surface area contributed by atoms with E-state index in [2.05, 4.69) is 16.6 Å². The molecule has 0 aliphatic carbocycles. The summed E-state index contributed by atoms with van der Waals surface area (Å²) in [5, 5.41) is 7.69. The molecule has 2 aromatic heterocycles. The number of piperidine rings is 1. The number of rotatable bonds is 3. The summed E-state index contributed by atoms with van der Waals surface area (Å²) in [5.41, 5.74) is 2.15. The molecule has 1 aromatic carbocycles. The average molecular weight is 366 g/mol. The van der Waals surface area contributed by atoms with E-state index < -0.39 is 0 Å². The van der Waals surface area contributed by atoms with Crippen LogP contribution in [0.25, 0.3) is 11.0 Å². The van der Waals surface area contributed by atoms with Gasteiger partial charge in [-0.05, 0) is 49.4 Å². The van der Waals surface area contributed by atoms with Gasteiger partial charge in [-0.15, -0.1) is 0 Å². The van der Waals surface area contributed by atoms with Crippen molar-refractivity contribution in [2.24, 2.45) is 5.92 Å². The lowest BCUT2D eigenvalue weighted by atomic mass is 9.97. The summed E-state index contributed by atoms with van der Waals surface area (Å²) in [5.74, 6) is 0.527. The Morgan fingerprint density at radius 2 is 2.11 bits per heavy atom. The largest absolute Gasteiger partial charge is 0.464 e. The molecule has 7 nitrogen and oxygen atoms in total. The van der Waals surface area contributed by atoms with E-state index in [9.17, 15) is 9.59 Å². The van der Waals surface area contributed by atoms with E-state index in [-0.39, 0.29) is 11.5 Å². The van der Waals surface area contributed by atoms with Crippen LogP contribution in [0.4, 0.5) is 10.5 Å². The number of aryl methyl sites for hydroxylation is 1. The zero-order chi connectivity index (χ0) is 18.8. The van der Waals surface area contributed by atoms with Gasteiger partial charge in [0.25, 0.3) is 0 Å². The first-order valence-corrected chi connectivity index (χ1v) is 9.15. The van der Waals surface area contributed by atoms with E-state index in [4.69, 9.17) is 4.42 Å². The number of fused-ring (bicyclic) bond motifs is 1. The van der Waals surface area contributed by atoms with E-state index in [1.807, 2.05) is 22.7 Å². The average Bonchev–Trinajstić information content (AvgIpc) is 3.08. The molecular formula is C20H22N4O3. The van der Waals surface area contributed by atoms with Crippen LogP contribution in [0.3, 0.4) is 0 Å². The summed E-state index contributed by atoms with van der Waals surface area (Å²) < 4.78 is 7.28. The first kappa shape index (κ1) is 17.3. The van der Waals surface area contributed by atoms with Crippen LogP contribution in [0.1, 0.15) is 18.4 Å². The highest BCUT2D eigenvalue weighted by Gasteiger charge is 2.23. The molecule has 0 saturated carbocycles. The summed E-state index contributed by atoms with van der Waals surface area (Å²) in [4.78, 5) is 26.3. The third-order valence-electron chi connectivity index (χ3n) is 5.02. The topological polar surface area (TPSA) is 80.4 Å². The molecule has 27 heavy (non-hydrogen) atoms. The van der Waals surface area contributed by atoms with Crippen molar-refractivity contribution in [1.29, 1.82) is 0 Å². The maximum Gasteiger partial charge on any atom is 0.321 e. The highest BCUT2D eigenvalue weighted by molar-refractivity contribution is 5.92. The SMILES string of the molecule is Cc1cnn(CC2CCN(C(=O)Nc3ccc4occc(=O)c4c3)CC2)c1. The van der Waals surface area contributed by atoms with Crippen molar-refractivity contribution < 1.29 is 9.21 Å². The van der Waals surface area contributed by atoms with E-state index >= 15 is 0 Å². The Kier molecular flexibility index (Phi) is 4.66. The van der Waals surface area contributed by atoms with Crippen LogP contribution in [-0.2, 0) is 6.54 Å². The predicted octanol–water partition coefficient (Wildman–Crippen LogP) is 3.24. The molecule has 0 spiro atoms. The van der Waals surface area contributed by atoms with Crippen molar-refractivity contribution in [3.05, 3.63) is 58.7 Å². The van der Waals surface area contributed by atoms with Crippen molar-refractivity contribution in [1.82, 2.24) is 14.7 Å². The number of anilines is 1. The summed E-state index contributed by atoms with van der Waals surface area (Å²) in [6.45, 7) is 4.36. The molecule has 2 amide bonds. The van der Waals surface area contributed by atoms with E-state index in [1.54, 1.807) is 18.2 Å². The molecule has 0 radical (unpaired) electrons. The Bertz CT molecular complexity index is 1020. The smallest absolute Gasteiger partial charge is 0.321 e. The van der Waals surface area contributed by atoms with E-state index in [0.29, 0.717) is 35.7 Å². The fraction of sp³-hybridized carbons (Fsp3) is 0.350. The van der Waals surface area contributed by atoms with Gasteiger partial charge < -0.3 is 14.6 Å². The molecule has 0 atom stereocenters. The summed E-state index contributed by atoms with van der Waals surface area (Å²) in [6, 6.07) is 6.34. The van der Waals surface area contributed by atoms with Gasteiger partial charge in [-0.25, -0.2) is 4.79 Å². The molecular weight excluding hydrogens is 344 g/mol. The van der Waals surface area contributed by atoms with Gasteiger partial charge in [0.05, 0.1) is 17.8 Å². The Balaban J connectivity index is 1.35. The molecule has 3 aromatic rings. The van der Waals surface area contributed by atoms with Crippen molar-refractivity contribution in [3.63, 3.8) is 0 Å². The Morgan fingerprint density at radius 1 is 1.30 bits per heavy atom. The van der Waals surface area contributed by atoms with Crippen LogP contribution in [0.2, 0.25) is 0 Å². The summed E-state index contributed by atoms with van der Waals surface area (Å²) in [7, 11) is 0. The van der Waals surface area contributed by atoms with Crippen LogP contribution >= 0.6 is 0 Å². The van der Waals surface area contributed by atoms with Crippen molar-refractivity contribution >= 4 is 22.7 Å². The van der Waals surface area contributed by atoms with Gasteiger partial charge in [-0.1, -0.05) is 0 Å². The maximum absolute atomic E-state index is 12.6. The van der Waals surface area contributed by atoms with E-state index in [1.165, 1.54) is 12.3 Å². The van der Waals surface area contributed by atoms with Crippen molar-refractivity contribution in [2.75, 3.05) is 18.4 Å². The quantitative estimate of drug-likeness (QED) is 0.772. The van der Waals surface area contributed by atoms with Gasteiger partial charge in [-0.3, -0.25) is 9.48 Å². The second kappa shape index (κ2) is 7.26. The van der Waals surface area contributed by atoms with Crippen LogP contribution in [-0.4, -0.2) is 33.8 Å². The van der Waals surface area contributed by atoms with Gasteiger partial charge in [0.1, 0.15) is 5.58 Å². The fourth-order valence-electron chi connectivity index (χ4n) is 3.51. The van der Waals surface area contributed by atoms with Gasteiger partial charge in [0, 0.05) is 37.6 Å². The number of urea groups is 1. The van der Waals surface area contributed by atoms with E-state index in [0.717, 1.165) is 24.9 Å². The highest BCUT2D eigenvalue weighted by Crippen LogP contribution is 2.21. The van der Waals surface area contributed by atoms with Crippen LogP contribution in [0, 0.1) is 12.8 Å². The molecule has 1 N–H and O–H groups in total. The number of carbonyl (C=O) groups excluding carboxylic acids is 1. The maximum atomic E-state index is 12.6. The van der Waals surface area contributed by atoms with Crippen molar-refractivity contribution in [3.8, 4) is 0 Å². The normalized spacial score (nSPS) is 15.2. The van der Waals surface area contributed by atoms with Crippen LogP contribution in [0.5, 0.6) is 0 Å². The lowest BCUT2D eigenvalue weighted by molar-refractivity contribution is 0.175. The fourth-order valence-corrected chi connectivity index (χ4v) is 3.51. The standard InChI is InChI=1S/C20H22N4O3/c1-14-11-21-24(12-14)13-15-4-7-23(8-5-15)20(26)22-16-2-3-19-17(10-16)18(25)6-9-27-19/h2-3,6,9-12,15H,4-5,7-8,13H2,1H3,(H,22,26). The number of aromatic nitrogens is 2. The summed E-state index contributed by atoms with van der Waals surface area (Å²) in [6.07, 6.45) is 7.20. The second-order valence-corrected chi connectivity index (χ2v) is 7.10. The molecule has 0 unspecified atom stereocenters. The molecule has 1 aliphatic rings. The number of benzene rings is 1. The number of likely N-dealkylation sites (tertiary alicyclic amines) is 1. The Morgan fingerprint density at radius 3 is 2.85 bits per heavy atom. The Labute approximate surface area is 156 Å². The molecule has 3 heterocycles. The van der Waals surface area contributed by atoms with Gasteiger partial charge in [-0.2, -0.15) is 5.10 Å². The molecule has 1 aliphatic heterocycles. The lowest BCUT2D eigenvalue weighted by Gasteiger charge is -2.32. The minimum absolute atomic E-state index is 0.123. The van der Waals surface area contributed by atoms with Crippen LogP contribution in [0.15, 0.2) is 52.1 Å². The third-order valence-corrected chi connectivity index (χ3v) is 5.02. The first-order chi connectivity index (χ1) is 13.1. The number of hydrogen-bond donors (Lipinski definition) is 1. The monoisotopic (exact) mass is 366 g/mol. The number of nitrogens with zero attached hydrogens (tertiary/aromatic N) is 3. The van der Waals surface area contributed by atoms with Gasteiger partial charge in [0.2, 0.25) is 0 Å². The number of amides is 2. The third kappa shape index (κ3) is 3.86. The zero-order valence-corrected chi connectivity index (χ0v) is 15.2. The lowest BCUT2D eigenvalue weighted by Crippen LogP contribution is -2.41. The number of carbonyl (C=O) groups is 1. The molecule has 140 valence electrons. The molecule has 4 rings (SSSR count). The molecule has 0 bridgehead atoms. The number of hydrogen-bond acceptors (Lipinski definition) is 4. The van der Waals surface area contributed by atoms with Gasteiger partial charge >= 0.3 is 6.03 Å². The number of nitrogens with one attached hydrogen (secondary N) is 1. The summed E-state index contributed by atoms with van der Waals surface area (Å²) >= 11 is 0. The van der Waals surface area contributed by atoms with Gasteiger partial charge in [0.15, 0.2) is 5.43 Å². The van der Waals surface area contributed by atoms with Crippen molar-refractivity contribution in [2.45, 2.75) is 26.3 Å². The molecule has 1 fully saturated rings. The van der Waals surface area contributed by atoms with Crippen LogP contribution < -0.4 is 10.7 Å². The minimum atomic E-state index is -0.136. The molecule has 1 saturated heterocycles. The second-order valence-electron chi connectivity index (χ2n) is 7.10.